The highest BCUT2D eigenvalue weighted by Gasteiger charge is 2.23. The average molecular weight is 337 g/mol. The number of nitrogens with two attached hydrogens (primary N) is 1. The van der Waals surface area contributed by atoms with E-state index >= 15 is 0 Å². The number of primary amides is 1. The predicted octanol–water partition coefficient (Wildman–Crippen LogP) is 1.55. The van der Waals surface area contributed by atoms with Gasteiger partial charge in [0.25, 0.3) is 0 Å². The number of hydrogen-bond donors (Lipinski definition) is 2. The van der Waals surface area contributed by atoms with E-state index in [-0.39, 0.29) is 5.91 Å². The number of hydrogen-bond acceptors (Lipinski definition) is 4. The Morgan fingerprint density at radius 3 is 3.09 bits per heavy atom. The van der Waals surface area contributed by atoms with Crippen molar-refractivity contribution in [2.75, 3.05) is 26.2 Å². The summed E-state index contributed by atoms with van der Waals surface area (Å²) in [4.78, 5) is 23.8. The molecule has 128 valence electrons. The van der Waals surface area contributed by atoms with Gasteiger partial charge < -0.3 is 16.0 Å². The molecule has 1 amide bonds. The molecule has 0 bridgehead atoms. The monoisotopic (exact) mass is 337 g/mol. The second kappa shape index (κ2) is 8.86. The van der Waals surface area contributed by atoms with Crippen molar-refractivity contribution in [1.82, 2.24) is 15.2 Å². The van der Waals surface area contributed by atoms with Gasteiger partial charge in [-0.05, 0) is 32.6 Å². The molecule has 1 aliphatic heterocycles. The molecule has 0 saturated carbocycles. The minimum atomic E-state index is -0.210. The van der Waals surface area contributed by atoms with Gasteiger partial charge in [0.05, 0.1) is 5.01 Å². The van der Waals surface area contributed by atoms with Crippen LogP contribution in [0, 0.1) is 12.8 Å². The molecule has 2 heterocycles. The van der Waals surface area contributed by atoms with Crippen LogP contribution in [0.1, 0.15) is 36.1 Å². The fourth-order valence-corrected chi connectivity index (χ4v) is 3.68. The number of carbonyl (C=O) groups excluding carboxylic acids is 1. The number of carbonyl (C=O) groups is 1. The number of aliphatic imine (C=N–C) groups is 1. The summed E-state index contributed by atoms with van der Waals surface area (Å²) in [7, 11) is 0. The fraction of sp³-hybridized carbons (Fsp3) is 0.688. The van der Waals surface area contributed by atoms with Gasteiger partial charge in [0, 0.05) is 50.1 Å². The molecule has 1 aromatic rings. The summed E-state index contributed by atoms with van der Waals surface area (Å²) >= 11 is 1.73. The number of nitrogens with zero attached hydrogens (tertiary/aromatic N) is 3. The number of rotatable bonds is 6. The topological polar surface area (TPSA) is 83.6 Å². The minimum Gasteiger partial charge on any atom is -0.370 e. The molecule has 0 aliphatic carbocycles. The van der Waals surface area contributed by atoms with Crippen LogP contribution in [0.25, 0.3) is 0 Å². The highest BCUT2D eigenvalue weighted by molar-refractivity contribution is 7.11. The largest absolute Gasteiger partial charge is 0.370 e. The van der Waals surface area contributed by atoms with Crippen molar-refractivity contribution in [3.63, 3.8) is 0 Å². The van der Waals surface area contributed by atoms with E-state index < -0.39 is 0 Å². The first-order valence-corrected chi connectivity index (χ1v) is 9.13. The molecule has 0 aromatic carbocycles. The lowest BCUT2D eigenvalue weighted by atomic mass is 9.95. The Balaban J connectivity index is 1.93. The van der Waals surface area contributed by atoms with Crippen LogP contribution in [0.2, 0.25) is 0 Å². The molecule has 1 aromatic heterocycles. The normalized spacial score (nSPS) is 19.0. The highest BCUT2D eigenvalue weighted by Crippen LogP contribution is 2.19. The summed E-state index contributed by atoms with van der Waals surface area (Å²) in [5.74, 6) is 1.07. The molecular weight excluding hydrogens is 310 g/mol. The predicted molar refractivity (Wildman–Crippen MR) is 94.6 cm³/mol. The SMILES string of the molecule is CCNC(=NCCc1ncc(C)s1)N1CCCC(CC(N)=O)C1. The lowest BCUT2D eigenvalue weighted by Crippen LogP contribution is -2.47. The van der Waals surface area contributed by atoms with Gasteiger partial charge in [-0.25, -0.2) is 4.98 Å². The summed E-state index contributed by atoms with van der Waals surface area (Å²) in [6.45, 7) is 7.55. The molecule has 1 fully saturated rings. The zero-order chi connectivity index (χ0) is 16.7. The average Bonchev–Trinajstić information content (AvgIpc) is 2.91. The van der Waals surface area contributed by atoms with E-state index in [1.54, 1.807) is 11.3 Å². The Labute approximate surface area is 142 Å². The van der Waals surface area contributed by atoms with E-state index in [4.69, 9.17) is 10.7 Å². The number of piperidine rings is 1. The number of thiazole rings is 1. The maximum absolute atomic E-state index is 11.2. The Hall–Kier alpha value is -1.63. The van der Waals surface area contributed by atoms with Gasteiger partial charge in [0.15, 0.2) is 5.96 Å². The van der Waals surface area contributed by atoms with E-state index in [1.807, 2.05) is 6.20 Å². The second-order valence-corrected chi connectivity index (χ2v) is 7.29. The summed E-state index contributed by atoms with van der Waals surface area (Å²) in [5, 5.41) is 4.49. The van der Waals surface area contributed by atoms with E-state index in [9.17, 15) is 4.79 Å². The number of likely N-dealkylation sites (tertiary alicyclic amines) is 1. The Morgan fingerprint density at radius 2 is 2.43 bits per heavy atom. The van der Waals surface area contributed by atoms with Crippen LogP contribution in [0.4, 0.5) is 0 Å². The standard InChI is InChI=1S/C16H27N5OS/c1-3-18-16(19-7-6-15-20-10-12(2)23-15)21-8-4-5-13(11-21)9-14(17)22/h10,13H,3-9,11H2,1-2H3,(H2,17,22)(H,18,19). The van der Waals surface area contributed by atoms with Crippen molar-refractivity contribution in [3.05, 3.63) is 16.1 Å². The summed E-state index contributed by atoms with van der Waals surface area (Å²) in [6.07, 6.45) is 5.39. The second-order valence-electron chi connectivity index (χ2n) is 5.98. The maximum atomic E-state index is 11.2. The molecule has 7 heteroatoms. The van der Waals surface area contributed by atoms with Crippen LogP contribution < -0.4 is 11.1 Å². The highest BCUT2D eigenvalue weighted by atomic mass is 32.1. The van der Waals surface area contributed by atoms with E-state index in [0.29, 0.717) is 12.3 Å². The molecule has 23 heavy (non-hydrogen) atoms. The molecule has 1 saturated heterocycles. The van der Waals surface area contributed by atoms with Gasteiger partial charge in [0.2, 0.25) is 5.91 Å². The zero-order valence-corrected chi connectivity index (χ0v) is 14.9. The van der Waals surface area contributed by atoms with Crippen LogP contribution >= 0.6 is 11.3 Å². The molecule has 6 nitrogen and oxygen atoms in total. The van der Waals surface area contributed by atoms with Crippen molar-refractivity contribution in [3.8, 4) is 0 Å². The Morgan fingerprint density at radius 1 is 1.61 bits per heavy atom. The van der Waals surface area contributed by atoms with Crippen LogP contribution in [-0.4, -0.2) is 47.9 Å². The number of guanidine groups is 1. The fourth-order valence-electron chi connectivity index (χ4n) is 2.91. The van der Waals surface area contributed by atoms with Crippen molar-refractivity contribution >= 4 is 23.2 Å². The van der Waals surface area contributed by atoms with Crippen molar-refractivity contribution in [2.45, 2.75) is 39.5 Å². The van der Waals surface area contributed by atoms with Gasteiger partial charge in [-0.15, -0.1) is 11.3 Å². The smallest absolute Gasteiger partial charge is 0.217 e. The summed E-state index contributed by atoms with van der Waals surface area (Å²) < 4.78 is 0. The molecule has 1 aliphatic rings. The minimum absolute atomic E-state index is 0.210. The van der Waals surface area contributed by atoms with Crippen LogP contribution in [-0.2, 0) is 11.2 Å². The molecule has 0 radical (unpaired) electrons. The lowest BCUT2D eigenvalue weighted by molar-refractivity contribution is -0.119. The first-order valence-electron chi connectivity index (χ1n) is 8.31. The molecule has 2 rings (SSSR count). The molecule has 1 unspecified atom stereocenters. The first-order chi connectivity index (χ1) is 11.1. The van der Waals surface area contributed by atoms with Crippen LogP contribution in [0.5, 0.6) is 0 Å². The van der Waals surface area contributed by atoms with Crippen molar-refractivity contribution in [2.24, 2.45) is 16.6 Å². The number of nitrogens with one attached hydrogen (secondary N) is 1. The van der Waals surface area contributed by atoms with Gasteiger partial charge in [-0.1, -0.05) is 0 Å². The molecule has 1 atom stereocenters. The Kier molecular flexibility index (Phi) is 6.83. The van der Waals surface area contributed by atoms with Gasteiger partial charge in [0.1, 0.15) is 0 Å². The summed E-state index contributed by atoms with van der Waals surface area (Å²) in [6, 6.07) is 0. The van der Waals surface area contributed by atoms with Crippen LogP contribution in [0.3, 0.4) is 0 Å². The van der Waals surface area contributed by atoms with E-state index in [2.05, 4.69) is 29.0 Å². The van der Waals surface area contributed by atoms with Crippen molar-refractivity contribution in [1.29, 1.82) is 0 Å². The number of amides is 1. The number of aryl methyl sites for hydroxylation is 1. The maximum Gasteiger partial charge on any atom is 0.217 e. The quantitative estimate of drug-likeness (QED) is 0.609. The first kappa shape index (κ1) is 17.7. The molecule has 0 spiro atoms. The number of aromatic nitrogens is 1. The van der Waals surface area contributed by atoms with E-state index in [0.717, 1.165) is 56.4 Å². The van der Waals surface area contributed by atoms with Gasteiger partial charge >= 0.3 is 0 Å². The lowest BCUT2D eigenvalue weighted by Gasteiger charge is -2.34. The molecular formula is C16H27N5OS. The third-order valence-corrected chi connectivity index (χ3v) is 4.87. The zero-order valence-electron chi connectivity index (χ0n) is 14.0. The third kappa shape index (κ3) is 5.82. The third-order valence-electron chi connectivity index (χ3n) is 3.90. The van der Waals surface area contributed by atoms with Gasteiger partial charge in [-0.2, -0.15) is 0 Å². The summed E-state index contributed by atoms with van der Waals surface area (Å²) in [5.41, 5.74) is 5.34. The van der Waals surface area contributed by atoms with Crippen LogP contribution in [0.15, 0.2) is 11.2 Å². The van der Waals surface area contributed by atoms with Crippen molar-refractivity contribution < 1.29 is 4.79 Å². The van der Waals surface area contributed by atoms with Gasteiger partial charge in [-0.3, -0.25) is 9.79 Å². The Bertz CT molecular complexity index is 542. The van der Waals surface area contributed by atoms with E-state index in [1.165, 1.54) is 4.88 Å². The molecule has 3 N–H and O–H groups in total.